The van der Waals surface area contributed by atoms with E-state index in [9.17, 15) is 9.59 Å². The lowest BCUT2D eigenvalue weighted by Gasteiger charge is -2.36. The molecule has 2 aliphatic heterocycles. The second-order valence-electron chi connectivity index (χ2n) is 9.56. The summed E-state index contributed by atoms with van der Waals surface area (Å²) in [7, 11) is 1.77. The molecule has 0 aromatic heterocycles. The van der Waals surface area contributed by atoms with Crippen molar-refractivity contribution in [1.29, 1.82) is 0 Å². The fraction of sp³-hybridized carbons (Fsp3) is 0.680. The maximum absolute atomic E-state index is 13.9. The molecule has 3 N–H and O–H groups in total. The number of nitrogens with one attached hydrogen (secondary N) is 3. The number of hydrogen-bond donors (Lipinski definition) is 3. The zero-order chi connectivity index (χ0) is 22.5. The number of fused-ring (bicyclic) bond motifs is 1. The summed E-state index contributed by atoms with van der Waals surface area (Å²) in [4.78, 5) is 28.6. The number of ether oxygens (including phenoxy) is 1. The van der Waals surface area contributed by atoms with Crippen molar-refractivity contribution in [3.8, 4) is 0 Å². The van der Waals surface area contributed by atoms with Crippen LogP contribution in [0.1, 0.15) is 51.0 Å². The number of hydrogen-bond acceptors (Lipinski definition) is 5. The quantitative estimate of drug-likeness (QED) is 0.572. The lowest BCUT2D eigenvalue weighted by atomic mass is 9.83. The van der Waals surface area contributed by atoms with E-state index in [1.807, 2.05) is 30.0 Å². The second-order valence-corrected chi connectivity index (χ2v) is 9.56. The van der Waals surface area contributed by atoms with Crippen molar-refractivity contribution in [1.82, 2.24) is 20.9 Å². The minimum absolute atomic E-state index is 0.0240. The van der Waals surface area contributed by atoms with E-state index in [1.54, 1.807) is 7.05 Å². The number of nitrogens with zero attached hydrogens (tertiary/aromatic N) is 1. The molecule has 3 fully saturated rings. The Morgan fingerprint density at radius 3 is 2.62 bits per heavy atom. The van der Waals surface area contributed by atoms with E-state index in [2.05, 4.69) is 28.1 Å². The van der Waals surface area contributed by atoms with Gasteiger partial charge in [-0.25, -0.2) is 0 Å². The highest BCUT2D eigenvalue weighted by Crippen LogP contribution is 2.32. The van der Waals surface area contributed by atoms with Gasteiger partial charge in [0.2, 0.25) is 11.8 Å². The maximum Gasteiger partial charge on any atom is 0.245 e. The van der Waals surface area contributed by atoms with Gasteiger partial charge in [0.05, 0.1) is 24.8 Å². The molecule has 0 bridgehead atoms. The Bertz CT molecular complexity index is 768. The standard InChI is InChI=1S/C25H38N4O3/c1-17(26-2)24(30)28-22(19-11-7-4-8-12-19)25(31)29-14-13-20-23(29)21(15-27-20)32-16-18-9-5-3-6-10-18/h3,5-6,9-10,17,19-23,26-27H,4,7-8,11-16H2,1-2H3,(H,28,30). The molecule has 1 aromatic rings. The van der Waals surface area contributed by atoms with Crippen LogP contribution in [0.15, 0.2) is 30.3 Å². The van der Waals surface area contributed by atoms with Crippen molar-refractivity contribution in [2.75, 3.05) is 20.1 Å². The number of likely N-dealkylation sites (N-methyl/N-ethyl adjacent to an activating group) is 1. The number of likely N-dealkylation sites (tertiary alicyclic amines) is 1. The topological polar surface area (TPSA) is 82.7 Å². The molecule has 7 heteroatoms. The van der Waals surface area contributed by atoms with Crippen LogP contribution in [0, 0.1) is 5.92 Å². The smallest absolute Gasteiger partial charge is 0.245 e. The predicted molar refractivity (Wildman–Crippen MR) is 124 cm³/mol. The van der Waals surface area contributed by atoms with Crippen LogP contribution in [0.4, 0.5) is 0 Å². The summed E-state index contributed by atoms with van der Waals surface area (Å²) in [6, 6.07) is 9.68. The Morgan fingerprint density at radius 1 is 1.16 bits per heavy atom. The van der Waals surface area contributed by atoms with Crippen molar-refractivity contribution >= 4 is 11.8 Å². The molecule has 7 nitrogen and oxygen atoms in total. The summed E-state index contributed by atoms with van der Waals surface area (Å²) in [6.07, 6.45) is 6.36. The van der Waals surface area contributed by atoms with Crippen LogP contribution in [0.2, 0.25) is 0 Å². The molecule has 2 saturated heterocycles. The van der Waals surface area contributed by atoms with Gasteiger partial charge >= 0.3 is 0 Å². The zero-order valence-corrected chi connectivity index (χ0v) is 19.4. The average molecular weight is 443 g/mol. The highest BCUT2D eigenvalue weighted by molar-refractivity contribution is 5.90. The molecule has 0 spiro atoms. The first-order valence-electron chi connectivity index (χ1n) is 12.3. The van der Waals surface area contributed by atoms with E-state index in [-0.39, 0.29) is 42.0 Å². The van der Waals surface area contributed by atoms with Gasteiger partial charge in [-0.2, -0.15) is 0 Å². The zero-order valence-electron chi connectivity index (χ0n) is 19.4. The SMILES string of the molecule is CNC(C)C(=O)NC(C(=O)N1CCC2NCC(OCc3ccccc3)C21)C1CCCCC1. The molecular weight excluding hydrogens is 404 g/mol. The van der Waals surface area contributed by atoms with E-state index >= 15 is 0 Å². The highest BCUT2D eigenvalue weighted by atomic mass is 16.5. The monoisotopic (exact) mass is 442 g/mol. The average Bonchev–Trinajstić information content (AvgIpc) is 3.44. The lowest BCUT2D eigenvalue weighted by molar-refractivity contribution is -0.141. The Hall–Kier alpha value is -1.96. The molecule has 5 atom stereocenters. The molecule has 0 radical (unpaired) electrons. The van der Waals surface area contributed by atoms with Crippen LogP contribution in [-0.2, 0) is 20.9 Å². The minimum Gasteiger partial charge on any atom is -0.370 e. The molecule has 1 saturated carbocycles. The van der Waals surface area contributed by atoms with Crippen molar-refractivity contribution in [2.24, 2.45) is 5.92 Å². The summed E-state index contributed by atoms with van der Waals surface area (Å²) in [5, 5.41) is 9.66. The number of carbonyl (C=O) groups excluding carboxylic acids is 2. The molecule has 32 heavy (non-hydrogen) atoms. The third kappa shape index (κ3) is 5.16. The van der Waals surface area contributed by atoms with E-state index < -0.39 is 6.04 Å². The number of amides is 2. The third-order valence-electron chi connectivity index (χ3n) is 7.52. The first-order chi connectivity index (χ1) is 15.6. The Labute approximate surface area is 191 Å². The fourth-order valence-electron chi connectivity index (χ4n) is 5.51. The Morgan fingerprint density at radius 2 is 1.91 bits per heavy atom. The molecule has 2 heterocycles. The summed E-state index contributed by atoms with van der Waals surface area (Å²) >= 11 is 0. The first kappa shape index (κ1) is 23.2. The molecule has 176 valence electrons. The first-order valence-corrected chi connectivity index (χ1v) is 12.3. The van der Waals surface area contributed by atoms with Gasteiger partial charge in [-0.15, -0.1) is 0 Å². The predicted octanol–water partition coefficient (Wildman–Crippen LogP) is 1.82. The second kappa shape index (κ2) is 10.8. The largest absolute Gasteiger partial charge is 0.370 e. The number of carbonyl (C=O) groups is 2. The van der Waals surface area contributed by atoms with Crippen LogP contribution in [0.3, 0.4) is 0 Å². The van der Waals surface area contributed by atoms with Crippen LogP contribution in [0.5, 0.6) is 0 Å². The van der Waals surface area contributed by atoms with Gasteiger partial charge in [0.1, 0.15) is 6.04 Å². The third-order valence-corrected chi connectivity index (χ3v) is 7.52. The molecular formula is C25H38N4O3. The Kier molecular flexibility index (Phi) is 7.81. The van der Waals surface area contributed by atoms with Crippen LogP contribution >= 0.6 is 0 Å². The molecule has 5 unspecified atom stereocenters. The number of benzene rings is 1. The normalized spacial score (nSPS) is 27.7. The van der Waals surface area contributed by atoms with Gasteiger partial charge in [-0.3, -0.25) is 9.59 Å². The molecule has 1 aliphatic carbocycles. The fourth-order valence-corrected chi connectivity index (χ4v) is 5.51. The van der Waals surface area contributed by atoms with E-state index in [1.165, 1.54) is 6.42 Å². The van der Waals surface area contributed by atoms with Crippen molar-refractivity contribution in [3.63, 3.8) is 0 Å². The van der Waals surface area contributed by atoms with Crippen molar-refractivity contribution in [2.45, 2.75) is 82.3 Å². The van der Waals surface area contributed by atoms with Crippen LogP contribution < -0.4 is 16.0 Å². The minimum atomic E-state index is -0.451. The summed E-state index contributed by atoms with van der Waals surface area (Å²) in [5.41, 5.74) is 1.14. The van der Waals surface area contributed by atoms with Crippen molar-refractivity contribution in [3.05, 3.63) is 35.9 Å². The van der Waals surface area contributed by atoms with Crippen molar-refractivity contribution < 1.29 is 14.3 Å². The van der Waals surface area contributed by atoms with Crippen LogP contribution in [-0.4, -0.2) is 67.1 Å². The molecule has 1 aromatic carbocycles. The molecule has 2 amide bonds. The van der Waals surface area contributed by atoms with Gasteiger partial charge < -0.3 is 25.6 Å². The summed E-state index contributed by atoms with van der Waals surface area (Å²) in [6.45, 7) is 3.84. The van der Waals surface area contributed by atoms with E-state index in [0.717, 1.165) is 44.2 Å². The maximum atomic E-state index is 13.9. The molecule has 4 rings (SSSR count). The van der Waals surface area contributed by atoms with E-state index in [4.69, 9.17) is 4.74 Å². The van der Waals surface area contributed by atoms with Gasteiger partial charge in [-0.05, 0) is 44.7 Å². The van der Waals surface area contributed by atoms with Gasteiger partial charge in [0, 0.05) is 19.1 Å². The van der Waals surface area contributed by atoms with Gasteiger partial charge in [-0.1, -0.05) is 49.6 Å². The lowest BCUT2D eigenvalue weighted by Crippen LogP contribution is -2.58. The summed E-state index contributed by atoms with van der Waals surface area (Å²) < 4.78 is 6.29. The summed E-state index contributed by atoms with van der Waals surface area (Å²) in [5.74, 6) is 0.174. The molecule has 3 aliphatic rings. The van der Waals surface area contributed by atoms with Gasteiger partial charge in [0.25, 0.3) is 0 Å². The van der Waals surface area contributed by atoms with E-state index in [0.29, 0.717) is 13.2 Å². The highest BCUT2D eigenvalue weighted by Gasteiger charge is 2.49. The Balaban J connectivity index is 1.47. The van der Waals surface area contributed by atoms with Gasteiger partial charge in [0.15, 0.2) is 0 Å². The number of rotatable bonds is 8. The van der Waals surface area contributed by atoms with Crippen LogP contribution in [0.25, 0.3) is 0 Å².